The largest absolute Gasteiger partial charge is 0.573 e. The van der Waals surface area contributed by atoms with Crippen LogP contribution in [-0.2, 0) is 0 Å². The standard InChI is InChI=1S/C15H12ClF3N2O2/c1-9-5-6-11(8-13(9)16)21-14(22)20-10-3-2-4-12(7-10)23-15(17,18)19/h2-8H,1H3,(H2,20,21,22). The minimum atomic E-state index is -4.79. The molecule has 0 radical (unpaired) electrons. The second-order valence-electron chi connectivity index (χ2n) is 4.62. The number of hydrogen-bond acceptors (Lipinski definition) is 2. The number of alkyl halides is 3. The number of rotatable bonds is 3. The highest BCUT2D eigenvalue weighted by atomic mass is 35.5. The summed E-state index contributed by atoms with van der Waals surface area (Å²) < 4.78 is 40.3. The molecule has 0 saturated heterocycles. The van der Waals surface area contributed by atoms with Crippen LogP contribution in [0.1, 0.15) is 5.56 Å². The zero-order chi connectivity index (χ0) is 17.0. The van der Waals surface area contributed by atoms with Gasteiger partial charge in [0.2, 0.25) is 0 Å². The Hall–Kier alpha value is -2.41. The van der Waals surface area contributed by atoms with Gasteiger partial charge in [-0.25, -0.2) is 4.79 Å². The molecule has 2 N–H and O–H groups in total. The Balaban J connectivity index is 2.02. The van der Waals surface area contributed by atoms with E-state index in [4.69, 9.17) is 11.6 Å². The maximum atomic E-state index is 12.2. The van der Waals surface area contributed by atoms with Crippen molar-refractivity contribution in [3.05, 3.63) is 53.1 Å². The van der Waals surface area contributed by atoms with Gasteiger partial charge in [-0.1, -0.05) is 23.7 Å². The summed E-state index contributed by atoms with van der Waals surface area (Å²) in [5.41, 5.74) is 1.47. The molecule has 0 bridgehead atoms. The first-order valence-electron chi connectivity index (χ1n) is 6.43. The molecule has 2 rings (SSSR count). The minimum Gasteiger partial charge on any atom is -0.406 e. The van der Waals surface area contributed by atoms with Gasteiger partial charge < -0.3 is 15.4 Å². The van der Waals surface area contributed by atoms with Crippen molar-refractivity contribution < 1.29 is 22.7 Å². The summed E-state index contributed by atoms with van der Waals surface area (Å²) in [6.07, 6.45) is -4.79. The average molecular weight is 345 g/mol. The van der Waals surface area contributed by atoms with Crippen LogP contribution in [0.5, 0.6) is 5.75 Å². The topological polar surface area (TPSA) is 50.4 Å². The molecule has 0 spiro atoms. The molecular weight excluding hydrogens is 333 g/mol. The highest BCUT2D eigenvalue weighted by Crippen LogP contribution is 2.25. The number of nitrogens with one attached hydrogen (secondary N) is 2. The van der Waals surface area contributed by atoms with Gasteiger partial charge in [-0.15, -0.1) is 13.2 Å². The van der Waals surface area contributed by atoms with E-state index in [1.807, 2.05) is 6.92 Å². The van der Waals surface area contributed by atoms with Crippen molar-refractivity contribution in [1.29, 1.82) is 0 Å². The van der Waals surface area contributed by atoms with Crippen LogP contribution in [0.15, 0.2) is 42.5 Å². The third kappa shape index (κ3) is 5.37. The Morgan fingerprint density at radius 3 is 2.35 bits per heavy atom. The number of halogens is 4. The molecule has 0 atom stereocenters. The molecule has 0 fully saturated rings. The Labute approximate surface area is 135 Å². The summed E-state index contributed by atoms with van der Waals surface area (Å²) >= 11 is 5.94. The maximum absolute atomic E-state index is 12.2. The number of aryl methyl sites for hydroxylation is 1. The van der Waals surface area contributed by atoms with E-state index in [2.05, 4.69) is 15.4 Å². The summed E-state index contributed by atoms with van der Waals surface area (Å²) in [7, 11) is 0. The SMILES string of the molecule is Cc1ccc(NC(=O)Nc2cccc(OC(F)(F)F)c2)cc1Cl. The molecular formula is C15H12ClF3N2O2. The first-order valence-corrected chi connectivity index (χ1v) is 6.81. The van der Waals surface area contributed by atoms with Gasteiger partial charge in [0, 0.05) is 22.5 Å². The van der Waals surface area contributed by atoms with Crippen LogP contribution in [0, 0.1) is 6.92 Å². The van der Waals surface area contributed by atoms with Gasteiger partial charge in [0.25, 0.3) is 0 Å². The summed E-state index contributed by atoms with van der Waals surface area (Å²) in [5.74, 6) is -0.423. The minimum absolute atomic E-state index is 0.155. The summed E-state index contributed by atoms with van der Waals surface area (Å²) in [4.78, 5) is 11.8. The van der Waals surface area contributed by atoms with Crippen LogP contribution in [0.3, 0.4) is 0 Å². The van der Waals surface area contributed by atoms with Crippen molar-refractivity contribution in [2.75, 3.05) is 10.6 Å². The van der Waals surface area contributed by atoms with Gasteiger partial charge in [-0.05, 0) is 36.8 Å². The number of carbonyl (C=O) groups is 1. The van der Waals surface area contributed by atoms with Crippen molar-refractivity contribution in [1.82, 2.24) is 0 Å². The molecule has 2 aromatic rings. The Kier molecular flexibility index (Phi) is 5.00. The molecule has 0 aromatic heterocycles. The molecule has 122 valence electrons. The molecule has 4 nitrogen and oxygen atoms in total. The zero-order valence-electron chi connectivity index (χ0n) is 11.9. The van der Waals surface area contributed by atoms with Crippen LogP contribution >= 0.6 is 11.6 Å². The van der Waals surface area contributed by atoms with Crippen molar-refractivity contribution in [2.24, 2.45) is 0 Å². The fraction of sp³-hybridized carbons (Fsp3) is 0.133. The first kappa shape index (κ1) is 17.0. The number of ether oxygens (including phenoxy) is 1. The lowest BCUT2D eigenvalue weighted by Gasteiger charge is -2.11. The second-order valence-corrected chi connectivity index (χ2v) is 5.03. The predicted molar refractivity (Wildman–Crippen MR) is 82.0 cm³/mol. The third-order valence-corrected chi connectivity index (χ3v) is 3.16. The van der Waals surface area contributed by atoms with Gasteiger partial charge >= 0.3 is 12.4 Å². The maximum Gasteiger partial charge on any atom is 0.573 e. The van der Waals surface area contributed by atoms with E-state index < -0.39 is 18.1 Å². The van der Waals surface area contributed by atoms with E-state index in [1.165, 1.54) is 12.1 Å². The lowest BCUT2D eigenvalue weighted by Crippen LogP contribution is -2.20. The lowest BCUT2D eigenvalue weighted by atomic mass is 10.2. The quantitative estimate of drug-likeness (QED) is 0.805. The van der Waals surface area contributed by atoms with E-state index in [9.17, 15) is 18.0 Å². The van der Waals surface area contributed by atoms with Crippen LogP contribution in [0.25, 0.3) is 0 Å². The van der Waals surface area contributed by atoms with Crippen LogP contribution in [0.2, 0.25) is 5.02 Å². The predicted octanol–water partition coefficient (Wildman–Crippen LogP) is 5.19. The van der Waals surface area contributed by atoms with Gasteiger partial charge in [-0.3, -0.25) is 0 Å². The van der Waals surface area contributed by atoms with Crippen molar-refractivity contribution in [2.45, 2.75) is 13.3 Å². The van der Waals surface area contributed by atoms with Gasteiger partial charge in [-0.2, -0.15) is 0 Å². The normalized spacial score (nSPS) is 11.0. The number of hydrogen-bond donors (Lipinski definition) is 2. The van der Waals surface area contributed by atoms with Crippen molar-refractivity contribution in [3.8, 4) is 5.75 Å². The van der Waals surface area contributed by atoms with E-state index in [-0.39, 0.29) is 5.69 Å². The third-order valence-electron chi connectivity index (χ3n) is 2.76. The van der Waals surface area contributed by atoms with Crippen LogP contribution < -0.4 is 15.4 Å². The molecule has 23 heavy (non-hydrogen) atoms. The fourth-order valence-corrected chi connectivity index (χ4v) is 1.92. The van der Waals surface area contributed by atoms with E-state index in [0.717, 1.165) is 17.7 Å². The molecule has 0 unspecified atom stereocenters. The molecule has 0 aliphatic heterocycles. The number of amides is 2. The van der Waals surface area contributed by atoms with E-state index in [0.29, 0.717) is 10.7 Å². The molecule has 0 aliphatic carbocycles. The van der Waals surface area contributed by atoms with Crippen LogP contribution in [-0.4, -0.2) is 12.4 Å². The second kappa shape index (κ2) is 6.78. The number of urea groups is 1. The molecule has 2 aromatic carbocycles. The molecule has 0 saturated carbocycles. The lowest BCUT2D eigenvalue weighted by molar-refractivity contribution is -0.274. The fourth-order valence-electron chi connectivity index (χ4n) is 1.74. The summed E-state index contributed by atoms with van der Waals surface area (Å²) in [6.45, 7) is 1.82. The molecule has 0 aliphatic rings. The number of anilines is 2. The number of carbonyl (C=O) groups excluding carboxylic acids is 1. The van der Waals surface area contributed by atoms with Gasteiger partial charge in [0.1, 0.15) is 5.75 Å². The Morgan fingerprint density at radius 1 is 1.09 bits per heavy atom. The van der Waals surface area contributed by atoms with Crippen LogP contribution in [0.4, 0.5) is 29.3 Å². The molecule has 2 amide bonds. The summed E-state index contributed by atoms with van der Waals surface area (Å²) in [5, 5.41) is 5.43. The zero-order valence-corrected chi connectivity index (χ0v) is 12.6. The molecule has 0 heterocycles. The monoisotopic (exact) mass is 344 g/mol. The first-order chi connectivity index (χ1) is 10.7. The van der Waals surface area contributed by atoms with Gasteiger partial charge in [0.15, 0.2) is 0 Å². The average Bonchev–Trinajstić information content (AvgIpc) is 2.41. The van der Waals surface area contributed by atoms with E-state index >= 15 is 0 Å². The number of benzene rings is 2. The van der Waals surface area contributed by atoms with Gasteiger partial charge in [0.05, 0.1) is 0 Å². The highest BCUT2D eigenvalue weighted by Gasteiger charge is 2.31. The highest BCUT2D eigenvalue weighted by molar-refractivity contribution is 6.31. The Bertz CT molecular complexity index is 720. The smallest absolute Gasteiger partial charge is 0.406 e. The van der Waals surface area contributed by atoms with Crippen molar-refractivity contribution in [3.63, 3.8) is 0 Å². The Morgan fingerprint density at radius 2 is 1.74 bits per heavy atom. The van der Waals surface area contributed by atoms with Crippen molar-refractivity contribution >= 4 is 29.0 Å². The molecule has 8 heteroatoms. The summed E-state index contributed by atoms with van der Waals surface area (Å²) in [6, 6.07) is 9.31. The van der Waals surface area contributed by atoms with E-state index in [1.54, 1.807) is 18.2 Å².